The van der Waals surface area contributed by atoms with Gasteiger partial charge in [-0.25, -0.2) is 9.97 Å². The molecule has 86 valence electrons. The zero-order valence-corrected chi connectivity index (χ0v) is 9.53. The lowest BCUT2D eigenvalue weighted by Gasteiger charge is -2.08. The first-order valence-electron chi connectivity index (χ1n) is 5.11. The average molecular weight is 220 g/mol. The van der Waals surface area contributed by atoms with Crippen LogP contribution in [0.3, 0.4) is 0 Å². The van der Waals surface area contributed by atoms with E-state index in [2.05, 4.69) is 27.2 Å². The molecule has 2 N–H and O–H groups in total. The number of rotatable bonds is 5. The third kappa shape index (κ3) is 3.68. The highest BCUT2D eigenvalue weighted by Gasteiger charge is 2.06. The van der Waals surface area contributed by atoms with E-state index in [4.69, 9.17) is 0 Å². The Morgan fingerprint density at radius 3 is 2.75 bits per heavy atom. The average Bonchev–Trinajstić information content (AvgIpc) is 2.26. The Bertz CT molecular complexity index is 359. The SMILES string of the molecule is C=CCNC(=O)c1cnc(NC(C)C)cn1. The molecule has 0 aliphatic carbocycles. The van der Waals surface area contributed by atoms with Crippen LogP contribution in [0.25, 0.3) is 0 Å². The summed E-state index contributed by atoms with van der Waals surface area (Å²) in [4.78, 5) is 19.6. The summed E-state index contributed by atoms with van der Waals surface area (Å²) in [6.45, 7) is 7.95. The molecule has 0 unspecified atom stereocenters. The Morgan fingerprint density at radius 2 is 2.25 bits per heavy atom. The lowest BCUT2D eigenvalue weighted by atomic mass is 10.4. The van der Waals surface area contributed by atoms with Crippen LogP contribution in [0, 0.1) is 0 Å². The molecule has 5 nitrogen and oxygen atoms in total. The van der Waals surface area contributed by atoms with Gasteiger partial charge < -0.3 is 10.6 Å². The molecule has 0 fully saturated rings. The van der Waals surface area contributed by atoms with Gasteiger partial charge in [-0.1, -0.05) is 6.08 Å². The summed E-state index contributed by atoms with van der Waals surface area (Å²) in [5.74, 6) is 0.416. The highest BCUT2D eigenvalue weighted by Crippen LogP contribution is 2.02. The van der Waals surface area contributed by atoms with Crippen LogP contribution in [0.4, 0.5) is 5.82 Å². The maximum absolute atomic E-state index is 11.5. The van der Waals surface area contributed by atoms with E-state index >= 15 is 0 Å². The van der Waals surface area contributed by atoms with Crippen molar-refractivity contribution in [1.82, 2.24) is 15.3 Å². The summed E-state index contributed by atoms with van der Waals surface area (Å²) < 4.78 is 0. The fourth-order valence-corrected chi connectivity index (χ4v) is 1.07. The lowest BCUT2D eigenvalue weighted by Crippen LogP contribution is -2.24. The molecule has 1 aromatic rings. The normalized spacial score (nSPS) is 9.94. The lowest BCUT2D eigenvalue weighted by molar-refractivity contribution is 0.0952. The van der Waals surface area contributed by atoms with Gasteiger partial charge in [0.15, 0.2) is 0 Å². The molecule has 1 amide bonds. The van der Waals surface area contributed by atoms with Gasteiger partial charge in [-0.05, 0) is 13.8 Å². The standard InChI is InChI=1S/C11H16N4O/c1-4-5-12-11(16)9-6-14-10(7-13-9)15-8(2)3/h4,6-8H,1,5H2,2-3H3,(H,12,16)(H,14,15). The van der Waals surface area contributed by atoms with E-state index in [9.17, 15) is 4.79 Å². The molecular weight excluding hydrogens is 204 g/mol. The molecule has 0 aromatic carbocycles. The molecule has 1 aromatic heterocycles. The molecule has 0 spiro atoms. The van der Waals surface area contributed by atoms with Crippen molar-refractivity contribution in [3.8, 4) is 0 Å². The monoisotopic (exact) mass is 220 g/mol. The number of hydrogen-bond donors (Lipinski definition) is 2. The van der Waals surface area contributed by atoms with Crippen molar-refractivity contribution < 1.29 is 4.79 Å². The van der Waals surface area contributed by atoms with Crippen LogP contribution >= 0.6 is 0 Å². The Labute approximate surface area is 95.0 Å². The van der Waals surface area contributed by atoms with Gasteiger partial charge in [0.2, 0.25) is 0 Å². The summed E-state index contributed by atoms with van der Waals surface area (Å²) in [5.41, 5.74) is 0.302. The number of carbonyl (C=O) groups is 1. The van der Waals surface area contributed by atoms with Gasteiger partial charge in [0.25, 0.3) is 5.91 Å². The second kappa shape index (κ2) is 5.85. The second-order valence-corrected chi connectivity index (χ2v) is 3.58. The number of anilines is 1. The summed E-state index contributed by atoms with van der Waals surface area (Å²) in [5, 5.41) is 5.72. The number of hydrogen-bond acceptors (Lipinski definition) is 4. The van der Waals surface area contributed by atoms with E-state index < -0.39 is 0 Å². The molecular formula is C11H16N4O. The topological polar surface area (TPSA) is 66.9 Å². The molecule has 0 saturated carbocycles. The van der Waals surface area contributed by atoms with Gasteiger partial charge in [0, 0.05) is 12.6 Å². The van der Waals surface area contributed by atoms with Crippen molar-refractivity contribution in [2.75, 3.05) is 11.9 Å². The smallest absolute Gasteiger partial charge is 0.271 e. The molecule has 1 rings (SSSR count). The number of nitrogens with one attached hydrogen (secondary N) is 2. The minimum atomic E-state index is -0.247. The highest BCUT2D eigenvalue weighted by molar-refractivity contribution is 5.92. The number of carbonyl (C=O) groups excluding carboxylic acids is 1. The summed E-state index contributed by atoms with van der Waals surface area (Å²) >= 11 is 0. The number of nitrogens with zero attached hydrogens (tertiary/aromatic N) is 2. The van der Waals surface area contributed by atoms with E-state index in [1.165, 1.54) is 6.20 Å². The quantitative estimate of drug-likeness (QED) is 0.732. The fourth-order valence-electron chi connectivity index (χ4n) is 1.07. The van der Waals surface area contributed by atoms with E-state index in [0.29, 0.717) is 18.1 Å². The van der Waals surface area contributed by atoms with Crippen LogP contribution in [0.2, 0.25) is 0 Å². The van der Waals surface area contributed by atoms with Crippen molar-refractivity contribution in [2.45, 2.75) is 19.9 Å². The van der Waals surface area contributed by atoms with Crippen LogP contribution < -0.4 is 10.6 Å². The van der Waals surface area contributed by atoms with Crippen molar-refractivity contribution >= 4 is 11.7 Å². The number of amides is 1. The summed E-state index contributed by atoms with van der Waals surface area (Å²) in [6.07, 6.45) is 4.60. The van der Waals surface area contributed by atoms with Crippen LogP contribution in [-0.2, 0) is 0 Å². The predicted molar refractivity (Wildman–Crippen MR) is 63.3 cm³/mol. The van der Waals surface area contributed by atoms with Crippen LogP contribution in [-0.4, -0.2) is 28.5 Å². The third-order valence-corrected chi connectivity index (χ3v) is 1.73. The Hall–Kier alpha value is -1.91. The maximum Gasteiger partial charge on any atom is 0.271 e. The Balaban J connectivity index is 2.63. The largest absolute Gasteiger partial charge is 0.367 e. The molecule has 0 bridgehead atoms. The van der Waals surface area contributed by atoms with E-state index in [0.717, 1.165) is 0 Å². The van der Waals surface area contributed by atoms with Gasteiger partial charge in [0.1, 0.15) is 11.5 Å². The van der Waals surface area contributed by atoms with Crippen LogP contribution in [0.1, 0.15) is 24.3 Å². The first-order valence-corrected chi connectivity index (χ1v) is 5.11. The van der Waals surface area contributed by atoms with E-state index in [-0.39, 0.29) is 11.9 Å². The molecule has 0 saturated heterocycles. The minimum Gasteiger partial charge on any atom is -0.367 e. The zero-order chi connectivity index (χ0) is 12.0. The first kappa shape index (κ1) is 12.2. The van der Waals surface area contributed by atoms with Gasteiger partial charge in [0.05, 0.1) is 12.4 Å². The van der Waals surface area contributed by atoms with E-state index in [1.54, 1.807) is 12.3 Å². The summed E-state index contributed by atoms with van der Waals surface area (Å²) in [6, 6.07) is 0.287. The summed E-state index contributed by atoms with van der Waals surface area (Å²) in [7, 11) is 0. The molecule has 0 atom stereocenters. The first-order chi connectivity index (χ1) is 7.63. The van der Waals surface area contributed by atoms with Gasteiger partial charge >= 0.3 is 0 Å². The van der Waals surface area contributed by atoms with Crippen molar-refractivity contribution in [3.05, 3.63) is 30.7 Å². The van der Waals surface area contributed by atoms with Gasteiger partial charge in [-0.3, -0.25) is 4.79 Å². The van der Waals surface area contributed by atoms with Crippen LogP contribution in [0.15, 0.2) is 25.0 Å². The third-order valence-electron chi connectivity index (χ3n) is 1.73. The molecule has 1 heterocycles. The van der Waals surface area contributed by atoms with Crippen molar-refractivity contribution in [1.29, 1.82) is 0 Å². The Kier molecular flexibility index (Phi) is 4.44. The molecule has 5 heteroatoms. The second-order valence-electron chi connectivity index (χ2n) is 3.58. The number of aromatic nitrogens is 2. The molecule has 16 heavy (non-hydrogen) atoms. The predicted octanol–water partition coefficient (Wildman–Crippen LogP) is 1.21. The Morgan fingerprint density at radius 1 is 1.50 bits per heavy atom. The van der Waals surface area contributed by atoms with Crippen molar-refractivity contribution in [2.24, 2.45) is 0 Å². The molecule has 0 radical (unpaired) electrons. The molecule has 0 aliphatic rings. The van der Waals surface area contributed by atoms with Crippen molar-refractivity contribution in [3.63, 3.8) is 0 Å². The zero-order valence-electron chi connectivity index (χ0n) is 9.53. The maximum atomic E-state index is 11.5. The highest BCUT2D eigenvalue weighted by atomic mass is 16.1. The van der Waals surface area contributed by atoms with Gasteiger partial charge in [-0.15, -0.1) is 6.58 Å². The van der Waals surface area contributed by atoms with Crippen LogP contribution in [0.5, 0.6) is 0 Å². The fraction of sp³-hybridized carbons (Fsp3) is 0.364. The minimum absolute atomic E-state index is 0.247. The van der Waals surface area contributed by atoms with Gasteiger partial charge in [-0.2, -0.15) is 0 Å². The van der Waals surface area contributed by atoms with E-state index in [1.807, 2.05) is 13.8 Å². The molecule has 0 aliphatic heterocycles.